The lowest BCUT2D eigenvalue weighted by atomic mass is 9.85. The zero-order valence-corrected chi connectivity index (χ0v) is 13.3. The smallest absolute Gasteiger partial charge is 0.244 e. The summed E-state index contributed by atoms with van der Waals surface area (Å²) >= 11 is 0. The Hall–Kier alpha value is -1.11. The first-order valence-corrected chi connectivity index (χ1v) is 8.87. The van der Waals surface area contributed by atoms with Crippen molar-refractivity contribution >= 4 is 10.0 Å². The number of piperidine rings is 3. The van der Waals surface area contributed by atoms with Gasteiger partial charge in [-0.05, 0) is 56.5 Å². The van der Waals surface area contributed by atoms with Crippen molar-refractivity contribution in [3.05, 3.63) is 23.8 Å². The number of rotatable bonds is 4. The lowest BCUT2D eigenvalue weighted by Crippen LogP contribution is -2.57. The van der Waals surface area contributed by atoms with Crippen LogP contribution in [0.5, 0.6) is 5.75 Å². The van der Waals surface area contributed by atoms with Gasteiger partial charge in [-0.25, -0.2) is 13.1 Å². The van der Waals surface area contributed by atoms with Crippen LogP contribution in [0.15, 0.2) is 23.1 Å². The normalized spacial score (nSPS) is 28.6. The maximum absolute atomic E-state index is 12.7. The maximum atomic E-state index is 12.7. The topological polar surface area (TPSA) is 58.6 Å². The molecule has 0 amide bonds. The van der Waals surface area contributed by atoms with Gasteiger partial charge in [-0.15, -0.1) is 0 Å². The van der Waals surface area contributed by atoms with Crippen molar-refractivity contribution in [2.75, 3.05) is 26.7 Å². The maximum Gasteiger partial charge on any atom is 0.244 e. The van der Waals surface area contributed by atoms with Gasteiger partial charge in [0.25, 0.3) is 0 Å². The summed E-state index contributed by atoms with van der Waals surface area (Å²) in [5.74, 6) is 0.856. The second-order valence-corrected chi connectivity index (χ2v) is 7.70. The molecule has 0 spiro atoms. The number of fused-ring (bicyclic) bond motifs is 3. The van der Waals surface area contributed by atoms with Gasteiger partial charge in [-0.3, -0.25) is 0 Å². The molecule has 3 aliphatic heterocycles. The molecule has 0 saturated carbocycles. The fourth-order valence-corrected chi connectivity index (χ4v) is 4.91. The van der Waals surface area contributed by atoms with E-state index in [4.69, 9.17) is 4.74 Å². The van der Waals surface area contributed by atoms with E-state index in [1.807, 2.05) is 13.0 Å². The van der Waals surface area contributed by atoms with Gasteiger partial charge in [0, 0.05) is 12.6 Å². The molecule has 3 saturated heterocycles. The van der Waals surface area contributed by atoms with Gasteiger partial charge in [0.15, 0.2) is 0 Å². The molecular formula is C15H22N2O3S. The fourth-order valence-electron chi connectivity index (χ4n) is 3.36. The highest BCUT2D eigenvalue weighted by Crippen LogP contribution is 2.30. The highest BCUT2D eigenvalue weighted by molar-refractivity contribution is 7.89. The monoisotopic (exact) mass is 310 g/mol. The van der Waals surface area contributed by atoms with Crippen molar-refractivity contribution in [3.63, 3.8) is 0 Å². The van der Waals surface area contributed by atoms with Crippen LogP contribution in [0.3, 0.4) is 0 Å². The Labute approximate surface area is 126 Å². The number of nitrogens with one attached hydrogen (secondary N) is 1. The zero-order chi connectivity index (χ0) is 15.0. The quantitative estimate of drug-likeness (QED) is 0.913. The Balaban J connectivity index is 1.86. The summed E-state index contributed by atoms with van der Waals surface area (Å²) in [6.45, 7) is 4.89. The van der Waals surface area contributed by atoms with E-state index in [9.17, 15) is 8.42 Å². The summed E-state index contributed by atoms with van der Waals surface area (Å²) in [4.78, 5) is 2.57. The van der Waals surface area contributed by atoms with Crippen molar-refractivity contribution < 1.29 is 13.2 Å². The molecule has 5 nitrogen and oxygen atoms in total. The van der Waals surface area contributed by atoms with Crippen LogP contribution in [0.1, 0.15) is 18.4 Å². The van der Waals surface area contributed by atoms with Gasteiger partial charge >= 0.3 is 0 Å². The average molecular weight is 310 g/mol. The van der Waals surface area contributed by atoms with Crippen LogP contribution in [0.25, 0.3) is 0 Å². The molecule has 1 atom stereocenters. The molecule has 3 fully saturated rings. The van der Waals surface area contributed by atoms with Gasteiger partial charge < -0.3 is 9.64 Å². The van der Waals surface area contributed by atoms with Gasteiger partial charge in [0.05, 0.1) is 7.11 Å². The van der Waals surface area contributed by atoms with E-state index in [0.717, 1.165) is 38.0 Å². The molecule has 1 unspecified atom stereocenters. The number of aryl methyl sites for hydroxylation is 1. The van der Waals surface area contributed by atoms with Gasteiger partial charge in [-0.1, -0.05) is 6.07 Å². The number of methoxy groups -OCH3 is 1. The minimum Gasteiger partial charge on any atom is -0.495 e. The molecule has 1 N–H and O–H groups in total. The van der Waals surface area contributed by atoms with E-state index in [1.165, 1.54) is 7.11 Å². The van der Waals surface area contributed by atoms with Crippen molar-refractivity contribution in [3.8, 4) is 5.75 Å². The first-order valence-electron chi connectivity index (χ1n) is 7.39. The third-order valence-corrected chi connectivity index (χ3v) is 6.08. The van der Waals surface area contributed by atoms with E-state index in [0.29, 0.717) is 11.7 Å². The molecule has 1 aromatic carbocycles. The first kappa shape index (κ1) is 14.8. The Morgan fingerprint density at radius 1 is 1.29 bits per heavy atom. The van der Waals surface area contributed by atoms with Gasteiger partial charge in [0.1, 0.15) is 10.6 Å². The molecule has 116 valence electrons. The molecular weight excluding hydrogens is 288 g/mol. The summed E-state index contributed by atoms with van der Waals surface area (Å²) in [7, 11) is -2.05. The second-order valence-electron chi connectivity index (χ2n) is 6.02. The zero-order valence-electron chi connectivity index (χ0n) is 12.5. The number of hydrogen-bond donors (Lipinski definition) is 1. The van der Waals surface area contributed by atoms with E-state index in [2.05, 4.69) is 9.62 Å². The minimum absolute atomic E-state index is 0.0164. The lowest BCUT2D eigenvalue weighted by Gasteiger charge is -2.44. The summed E-state index contributed by atoms with van der Waals surface area (Å²) in [5.41, 5.74) is 0.907. The lowest BCUT2D eigenvalue weighted by molar-refractivity contribution is 0.0827. The summed E-state index contributed by atoms with van der Waals surface area (Å²) in [6, 6.07) is 5.25. The average Bonchev–Trinajstić information content (AvgIpc) is 2.48. The first-order chi connectivity index (χ1) is 9.99. The Morgan fingerprint density at radius 2 is 2.00 bits per heavy atom. The molecule has 21 heavy (non-hydrogen) atoms. The van der Waals surface area contributed by atoms with Crippen LogP contribution >= 0.6 is 0 Å². The third-order valence-electron chi connectivity index (χ3n) is 4.57. The van der Waals surface area contributed by atoms with Crippen LogP contribution in [0, 0.1) is 12.8 Å². The van der Waals surface area contributed by atoms with Crippen molar-refractivity contribution in [1.82, 2.24) is 9.62 Å². The van der Waals surface area contributed by atoms with Crippen molar-refractivity contribution in [1.29, 1.82) is 0 Å². The largest absolute Gasteiger partial charge is 0.495 e. The number of sulfonamides is 1. The highest BCUT2D eigenvalue weighted by Gasteiger charge is 2.37. The highest BCUT2D eigenvalue weighted by atomic mass is 32.2. The van der Waals surface area contributed by atoms with Crippen LogP contribution in [-0.2, 0) is 10.0 Å². The number of hydrogen-bond acceptors (Lipinski definition) is 4. The molecule has 4 rings (SSSR count). The molecule has 3 heterocycles. The Morgan fingerprint density at radius 3 is 2.57 bits per heavy atom. The van der Waals surface area contributed by atoms with Crippen LogP contribution in [0.2, 0.25) is 0 Å². The van der Waals surface area contributed by atoms with E-state index < -0.39 is 10.0 Å². The summed E-state index contributed by atoms with van der Waals surface area (Å²) < 4.78 is 33.5. The van der Waals surface area contributed by atoms with Crippen LogP contribution < -0.4 is 9.46 Å². The minimum atomic E-state index is -3.55. The summed E-state index contributed by atoms with van der Waals surface area (Å²) in [6.07, 6.45) is 2.16. The second kappa shape index (κ2) is 5.59. The molecule has 2 bridgehead atoms. The Kier molecular flexibility index (Phi) is 3.94. The molecule has 0 radical (unpaired) electrons. The van der Waals surface area contributed by atoms with Gasteiger partial charge in [-0.2, -0.15) is 0 Å². The number of ether oxygens (including phenoxy) is 1. The summed E-state index contributed by atoms with van der Waals surface area (Å²) in [5, 5.41) is 0. The van der Waals surface area contributed by atoms with Crippen LogP contribution in [0.4, 0.5) is 0 Å². The van der Waals surface area contributed by atoms with Crippen LogP contribution in [-0.4, -0.2) is 46.1 Å². The third kappa shape index (κ3) is 2.93. The molecule has 1 aromatic rings. The number of benzene rings is 1. The SMILES string of the molecule is COc1ccc(C)cc1S(=O)(=O)NC1CN2CCC1CC2. The molecule has 3 aliphatic rings. The van der Waals surface area contributed by atoms with Gasteiger partial charge in [0.2, 0.25) is 10.0 Å². The Bertz CT molecular complexity index is 622. The van der Waals surface area contributed by atoms with Crippen molar-refractivity contribution in [2.24, 2.45) is 5.92 Å². The molecule has 0 aromatic heterocycles. The number of nitrogens with zero attached hydrogens (tertiary/aromatic N) is 1. The standard InChI is InChI=1S/C15H22N2O3S/c1-11-3-4-14(20-2)15(9-11)21(18,19)16-13-10-17-7-5-12(13)6-8-17/h3-4,9,12-13,16H,5-8,10H2,1-2H3. The van der Waals surface area contributed by atoms with E-state index >= 15 is 0 Å². The van der Waals surface area contributed by atoms with Crippen molar-refractivity contribution in [2.45, 2.75) is 30.7 Å². The molecule has 6 heteroatoms. The predicted molar refractivity (Wildman–Crippen MR) is 81.0 cm³/mol. The molecule has 0 aliphatic carbocycles. The van der Waals surface area contributed by atoms with E-state index in [-0.39, 0.29) is 10.9 Å². The van der Waals surface area contributed by atoms with E-state index in [1.54, 1.807) is 12.1 Å². The fraction of sp³-hybridized carbons (Fsp3) is 0.600. The predicted octanol–water partition coefficient (Wildman–Crippen LogP) is 1.38.